The summed E-state index contributed by atoms with van der Waals surface area (Å²) in [6.07, 6.45) is 3.53. The van der Waals surface area contributed by atoms with Crippen molar-refractivity contribution in [1.82, 2.24) is 9.97 Å². The van der Waals surface area contributed by atoms with Crippen molar-refractivity contribution in [2.24, 2.45) is 0 Å². The Hall–Kier alpha value is -1.66. The number of aromatic amines is 1. The molecule has 0 amide bonds. The van der Waals surface area contributed by atoms with Gasteiger partial charge >= 0.3 is 0 Å². The maximum absolute atomic E-state index is 10.7. The van der Waals surface area contributed by atoms with Crippen molar-refractivity contribution in [3.05, 3.63) is 48.0 Å². The van der Waals surface area contributed by atoms with Crippen LogP contribution in [0.1, 0.15) is 31.2 Å². The van der Waals surface area contributed by atoms with Gasteiger partial charge in [-0.05, 0) is 30.5 Å². The molecule has 19 heavy (non-hydrogen) atoms. The summed E-state index contributed by atoms with van der Waals surface area (Å²) in [5.74, 6) is 1.32. The average molecular weight is 282 g/mol. The van der Waals surface area contributed by atoms with Crippen molar-refractivity contribution < 1.29 is 13.0 Å². The summed E-state index contributed by atoms with van der Waals surface area (Å²) >= 11 is 0. The van der Waals surface area contributed by atoms with Gasteiger partial charge in [0.1, 0.15) is 5.82 Å². The molecule has 2 rings (SSSR count). The maximum Gasteiger partial charge on any atom is 0.294 e. The smallest absolute Gasteiger partial charge is 0.294 e. The van der Waals surface area contributed by atoms with Gasteiger partial charge in [-0.1, -0.05) is 26.0 Å². The van der Waals surface area contributed by atoms with Gasteiger partial charge in [-0.2, -0.15) is 8.42 Å². The van der Waals surface area contributed by atoms with E-state index in [1.807, 2.05) is 20.8 Å². The second kappa shape index (κ2) is 6.49. The Morgan fingerprint density at radius 3 is 2.05 bits per heavy atom. The van der Waals surface area contributed by atoms with E-state index >= 15 is 0 Å². The van der Waals surface area contributed by atoms with Crippen LogP contribution in [0.4, 0.5) is 0 Å². The molecule has 0 saturated carbocycles. The number of hydrogen-bond donors (Lipinski definition) is 2. The Kier molecular flexibility index (Phi) is 5.26. The van der Waals surface area contributed by atoms with E-state index in [1.165, 1.54) is 12.1 Å². The predicted octanol–water partition coefficient (Wildman–Crippen LogP) is 2.77. The quantitative estimate of drug-likeness (QED) is 0.830. The fourth-order valence-corrected chi connectivity index (χ4v) is 1.85. The molecule has 0 spiro atoms. The largest absolute Gasteiger partial charge is 0.349 e. The van der Waals surface area contributed by atoms with Crippen molar-refractivity contribution in [2.45, 2.75) is 31.6 Å². The molecule has 0 bridgehead atoms. The number of H-pyrrole nitrogens is 1. The zero-order chi connectivity index (χ0) is 14.5. The molecule has 2 N–H and O–H groups in total. The molecule has 5 nitrogen and oxygen atoms in total. The second-order valence-corrected chi connectivity index (χ2v) is 5.79. The molecule has 0 saturated heterocycles. The Morgan fingerprint density at radius 2 is 1.79 bits per heavy atom. The van der Waals surface area contributed by atoms with E-state index in [-0.39, 0.29) is 4.90 Å². The molecule has 0 aliphatic heterocycles. The standard InChI is InChI=1S/C9H12O3S.C4H6N2/c1-7(2)8-3-5-9(6-4-8)13(10,11)12;1-4-5-2-3-6-4/h3-7H,1-2H3,(H,10,11,12);2-3H,1H3,(H,5,6). The van der Waals surface area contributed by atoms with E-state index in [0.29, 0.717) is 5.92 Å². The molecule has 1 aromatic carbocycles. The topological polar surface area (TPSA) is 83.1 Å². The van der Waals surface area contributed by atoms with Crippen LogP contribution in [0.15, 0.2) is 41.6 Å². The van der Waals surface area contributed by atoms with Gasteiger partial charge in [0.15, 0.2) is 0 Å². The summed E-state index contributed by atoms with van der Waals surface area (Å²) in [6, 6.07) is 6.22. The first-order valence-corrected chi connectivity index (χ1v) is 7.28. The first-order chi connectivity index (χ1) is 8.80. The normalized spacial score (nSPS) is 11.0. The van der Waals surface area contributed by atoms with Gasteiger partial charge in [-0.25, -0.2) is 4.98 Å². The van der Waals surface area contributed by atoms with Crippen molar-refractivity contribution >= 4 is 10.1 Å². The second-order valence-electron chi connectivity index (χ2n) is 4.37. The predicted molar refractivity (Wildman–Crippen MR) is 73.7 cm³/mol. The Labute approximate surface area is 113 Å². The third-order valence-corrected chi connectivity index (χ3v) is 3.35. The van der Waals surface area contributed by atoms with Crippen LogP contribution in [-0.2, 0) is 10.1 Å². The van der Waals surface area contributed by atoms with Crippen LogP contribution >= 0.6 is 0 Å². The number of hydrogen-bond acceptors (Lipinski definition) is 3. The van der Waals surface area contributed by atoms with E-state index in [2.05, 4.69) is 9.97 Å². The van der Waals surface area contributed by atoms with Crippen LogP contribution in [0.5, 0.6) is 0 Å². The number of nitrogens with one attached hydrogen (secondary N) is 1. The Morgan fingerprint density at radius 1 is 1.21 bits per heavy atom. The van der Waals surface area contributed by atoms with Crippen LogP contribution in [0.3, 0.4) is 0 Å². The van der Waals surface area contributed by atoms with Gasteiger partial charge in [0.05, 0.1) is 4.90 Å². The molecule has 0 fully saturated rings. The Balaban J connectivity index is 0.000000250. The number of rotatable bonds is 2. The maximum atomic E-state index is 10.7. The molecule has 0 unspecified atom stereocenters. The minimum absolute atomic E-state index is 0.0584. The van der Waals surface area contributed by atoms with Crippen LogP contribution in [0, 0.1) is 6.92 Å². The number of nitrogens with zero attached hydrogens (tertiary/aromatic N) is 1. The fraction of sp³-hybridized carbons (Fsp3) is 0.308. The minimum atomic E-state index is -4.05. The van der Waals surface area contributed by atoms with Gasteiger partial charge in [-0.15, -0.1) is 0 Å². The number of benzene rings is 1. The van der Waals surface area contributed by atoms with Crippen molar-refractivity contribution in [2.75, 3.05) is 0 Å². The highest BCUT2D eigenvalue weighted by Crippen LogP contribution is 2.16. The highest BCUT2D eigenvalue weighted by Gasteiger charge is 2.08. The zero-order valence-corrected chi connectivity index (χ0v) is 12.0. The van der Waals surface area contributed by atoms with Gasteiger partial charge in [0, 0.05) is 12.4 Å². The van der Waals surface area contributed by atoms with Gasteiger partial charge in [0.2, 0.25) is 0 Å². The molecule has 1 heterocycles. The summed E-state index contributed by atoms with van der Waals surface area (Å²) in [6.45, 7) is 5.95. The first-order valence-electron chi connectivity index (χ1n) is 5.84. The lowest BCUT2D eigenvalue weighted by molar-refractivity contribution is 0.483. The molecular weight excluding hydrogens is 264 g/mol. The summed E-state index contributed by atoms with van der Waals surface area (Å²) in [4.78, 5) is 6.69. The lowest BCUT2D eigenvalue weighted by atomic mass is 10.0. The minimum Gasteiger partial charge on any atom is -0.349 e. The van der Waals surface area contributed by atoms with Crippen molar-refractivity contribution in [3.8, 4) is 0 Å². The fourth-order valence-electron chi connectivity index (χ4n) is 1.37. The monoisotopic (exact) mass is 282 g/mol. The summed E-state index contributed by atoms with van der Waals surface area (Å²) < 4.78 is 30.0. The van der Waals surface area contributed by atoms with Crippen molar-refractivity contribution in [1.29, 1.82) is 0 Å². The van der Waals surface area contributed by atoms with Crippen LogP contribution in [0.2, 0.25) is 0 Å². The molecule has 2 aromatic rings. The van der Waals surface area contributed by atoms with Gasteiger partial charge in [0.25, 0.3) is 10.1 Å². The van der Waals surface area contributed by atoms with E-state index < -0.39 is 10.1 Å². The third kappa shape index (κ3) is 5.23. The average Bonchev–Trinajstić information content (AvgIpc) is 2.80. The van der Waals surface area contributed by atoms with E-state index in [1.54, 1.807) is 24.5 Å². The molecular formula is C13H18N2O3S. The summed E-state index contributed by atoms with van der Waals surface area (Å²) in [5, 5.41) is 0. The van der Waals surface area contributed by atoms with Crippen LogP contribution < -0.4 is 0 Å². The highest BCUT2D eigenvalue weighted by atomic mass is 32.2. The first kappa shape index (κ1) is 15.4. The number of imidazole rings is 1. The molecule has 0 aliphatic rings. The van der Waals surface area contributed by atoms with Crippen LogP contribution in [0.25, 0.3) is 0 Å². The van der Waals surface area contributed by atoms with E-state index in [4.69, 9.17) is 4.55 Å². The Bertz CT molecular complexity index is 587. The highest BCUT2D eigenvalue weighted by molar-refractivity contribution is 7.85. The molecule has 104 valence electrons. The van der Waals surface area contributed by atoms with E-state index in [9.17, 15) is 8.42 Å². The third-order valence-electron chi connectivity index (χ3n) is 2.48. The van der Waals surface area contributed by atoms with Gasteiger partial charge in [-0.3, -0.25) is 4.55 Å². The van der Waals surface area contributed by atoms with Crippen molar-refractivity contribution in [3.63, 3.8) is 0 Å². The van der Waals surface area contributed by atoms with Crippen LogP contribution in [-0.4, -0.2) is 22.9 Å². The van der Waals surface area contributed by atoms with E-state index in [0.717, 1.165) is 11.4 Å². The molecule has 0 radical (unpaired) electrons. The lowest BCUT2D eigenvalue weighted by Gasteiger charge is -2.04. The number of aryl methyl sites for hydroxylation is 1. The molecule has 0 atom stereocenters. The SMILES string of the molecule is CC(C)c1ccc(S(=O)(=O)O)cc1.Cc1ncc[nH]1. The molecule has 1 aromatic heterocycles. The lowest BCUT2D eigenvalue weighted by Crippen LogP contribution is -1.98. The summed E-state index contributed by atoms with van der Waals surface area (Å²) in [7, 11) is -4.05. The number of aromatic nitrogens is 2. The van der Waals surface area contributed by atoms with Gasteiger partial charge < -0.3 is 4.98 Å². The summed E-state index contributed by atoms with van der Waals surface area (Å²) in [5.41, 5.74) is 1.05. The zero-order valence-electron chi connectivity index (χ0n) is 11.2. The molecule has 0 aliphatic carbocycles. The molecule has 6 heteroatoms.